The lowest BCUT2D eigenvalue weighted by Gasteiger charge is -2.26. The number of hydrogen-bond donors (Lipinski definition) is 2. The van der Waals surface area contributed by atoms with Gasteiger partial charge in [0, 0.05) is 13.1 Å². The zero-order valence-corrected chi connectivity index (χ0v) is 12.1. The van der Waals surface area contributed by atoms with Crippen LogP contribution in [0.5, 0.6) is 0 Å². The summed E-state index contributed by atoms with van der Waals surface area (Å²) < 4.78 is 0. The summed E-state index contributed by atoms with van der Waals surface area (Å²) in [5.41, 5.74) is 5.58. The molecule has 0 bridgehead atoms. The number of halogens is 1. The molecule has 0 aliphatic heterocycles. The molecule has 0 heterocycles. The molecule has 106 valence electrons. The lowest BCUT2D eigenvalue weighted by Crippen LogP contribution is -2.44. The molecule has 2 aliphatic rings. The van der Waals surface area contributed by atoms with Crippen LogP contribution in [-0.2, 0) is 4.79 Å². The molecule has 0 spiro atoms. The van der Waals surface area contributed by atoms with Gasteiger partial charge in [-0.2, -0.15) is 0 Å². The first-order valence-electron chi connectivity index (χ1n) is 7.25. The monoisotopic (exact) mass is 274 g/mol. The molecule has 0 unspecified atom stereocenters. The summed E-state index contributed by atoms with van der Waals surface area (Å²) in [4.78, 5) is 12.2. The summed E-state index contributed by atoms with van der Waals surface area (Å²) in [6.07, 6.45) is 10.9. The fourth-order valence-electron chi connectivity index (χ4n) is 3.45. The second kappa shape index (κ2) is 7.34. The van der Waals surface area contributed by atoms with Crippen molar-refractivity contribution in [1.29, 1.82) is 0 Å². The van der Waals surface area contributed by atoms with Crippen molar-refractivity contribution in [2.75, 3.05) is 13.1 Å². The maximum Gasteiger partial charge on any atom is 0.227 e. The second-order valence-corrected chi connectivity index (χ2v) is 5.89. The Morgan fingerprint density at radius 1 is 1.17 bits per heavy atom. The Labute approximate surface area is 117 Å². The average molecular weight is 275 g/mol. The van der Waals surface area contributed by atoms with E-state index in [-0.39, 0.29) is 23.7 Å². The molecular formula is C14H27ClN2O. The normalized spacial score (nSPS) is 22.7. The molecule has 0 aromatic rings. The molecule has 0 atom stereocenters. The van der Waals surface area contributed by atoms with Crippen LogP contribution in [-0.4, -0.2) is 19.0 Å². The Morgan fingerprint density at radius 2 is 1.78 bits per heavy atom. The highest BCUT2D eigenvalue weighted by molar-refractivity contribution is 5.85. The number of carbonyl (C=O) groups excluding carboxylic acids is 1. The van der Waals surface area contributed by atoms with E-state index in [2.05, 4.69) is 5.32 Å². The third-order valence-electron chi connectivity index (χ3n) is 4.75. The van der Waals surface area contributed by atoms with E-state index < -0.39 is 0 Å². The Kier molecular flexibility index (Phi) is 6.44. The summed E-state index contributed by atoms with van der Waals surface area (Å²) in [5.74, 6) is 1.07. The first kappa shape index (κ1) is 15.8. The number of rotatable bonds is 5. The minimum Gasteiger partial charge on any atom is -0.356 e. The van der Waals surface area contributed by atoms with E-state index in [1.54, 1.807) is 0 Å². The van der Waals surface area contributed by atoms with Gasteiger partial charge < -0.3 is 11.1 Å². The van der Waals surface area contributed by atoms with Gasteiger partial charge in [-0.3, -0.25) is 4.79 Å². The van der Waals surface area contributed by atoms with Crippen LogP contribution in [0.3, 0.4) is 0 Å². The first-order valence-corrected chi connectivity index (χ1v) is 7.25. The lowest BCUT2D eigenvalue weighted by molar-refractivity contribution is -0.130. The highest BCUT2D eigenvalue weighted by atomic mass is 35.5. The lowest BCUT2D eigenvalue weighted by atomic mass is 9.85. The fraction of sp³-hybridized carbons (Fsp3) is 0.929. The highest BCUT2D eigenvalue weighted by Crippen LogP contribution is 2.37. The SMILES string of the molecule is Cl.NCC1(C(=O)NCCC2CCCC2)CCCC1. The number of amides is 1. The molecule has 2 aliphatic carbocycles. The van der Waals surface area contributed by atoms with Gasteiger partial charge in [-0.15, -0.1) is 12.4 Å². The Balaban J connectivity index is 0.00000162. The van der Waals surface area contributed by atoms with E-state index in [0.717, 1.165) is 44.6 Å². The van der Waals surface area contributed by atoms with Crippen molar-refractivity contribution in [1.82, 2.24) is 5.32 Å². The molecule has 18 heavy (non-hydrogen) atoms. The summed E-state index contributed by atoms with van der Waals surface area (Å²) in [6, 6.07) is 0. The average Bonchev–Trinajstić information content (AvgIpc) is 3.00. The van der Waals surface area contributed by atoms with Gasteiger partial charge in [-0.05, 0) is 25.2 Å². The summed E-state index contributed by atoms with van der Waals surface area (Å²) in [6.45, 7) is 1.37. The van der Waals surface area contributed by atoms with Crippen LogP contribution in [0.15, 0.2) is 0 Å². The molecule has 3 nitrogen and oxygen atoms in total. The van der Waals surface area contributed by atoms with Crippen LogP contribution >= 0.6 is 12.4 Å². The van der Waals surface area contributed by atoms with Crippen molar-refractivity contribution in [3.8, 4) is 0 Å². The van der Waals surface area contributed by atoms with Crippen molar-refractivity contribution < 1.29 is 4.79 Å². The maximum absolute atomic E-state index is 12.2. The number of carbonyl (C=O) groups is 1. The third-order valence-corrected chi connectivity index (χ3v) is 4.75. The topological polar surface area (TPSA) is 55.1 Å². The molecule has 3 N–H and O–H groups in total. The minimum atomic E-state index is -0.227. The summed E-state index contributed by atoms with van der Waals surface area (Å²) >= 11 is 0. The van der Waals surface area contributed by atoms with E-state index in [9.17, 15) is 4.79 Å². The Morgan fingerprint density at radius 3 is 2.33 bits per heavy atom. The minimum absolute atomic E-state index is 0. The van der Waals surface area contributed by atoms with E-state index >= 15 is 0 Å². The highest BCUT2D eigenvalue weighted by Gasteiger charge is 2.39. The Hall–Kier alpha value is -0.280. The maximum atomic E-state index is 12.2. The fourth-order valence-corrected chi connectivity index (χ4v) is 3.45. The number of nitrogens with two attached hydrogens (primary N) is 1. The molecule has 0 saturated heterocycles. The van der Waals surface area contributed by atoms with E-state index in [1.165, 1.54) is 25.7 Å². The third kappa shape index (κ3) is 3.61. The van der Waals surface area contributed by atoms with Gasteiger partial charge in [0.05, 0.1) is 5.41 Å². The first-order chi connectivity index (χ1) is 8.27. The molecule has 2 fully saturated rings. The van der Waals surface area contributed by atoms with E-state index in [1.807, 2.05) is 0 Å². The predicted molar refractivity (Wildman–Crippen MR) is 76.8 cm³/mol. The second-order valence-electron chi connectivity index (χ2n) is 5.89. The van der Waals surface area contributed by atoms with Crippen molar-refractivity contribution in [3.05, 3.63) is 0 Å². The van der Waals surface area contributed by atoms with Gasteiger partial charge in [0.2, 0.25) is 5.91 Å². The standard InChI is InChI=1S/C14H26N2O.ClH/c15-11-14(8-3-4-9-14)13(17)16-10-7-12-5-1-2-6-12;/h12H,1-11,15H2,(H,16,17);1H. The summed E-state index contributed by atoms with van der Waals surface area (Å²) in [7, 11) is 0. The van der Waals surface area contributed by atoms with Crippen molar-refractivity contribution >= 4 is 18.3 Å². The molecular weight excluding hydrogens is 248 g/mol. The molecule has 0 radical (unpaired) electrons. The van der Waals surface area contributed by atoms with E-state index in [0.29, 0.717) is 6.54 Å². The van der Waals surface area contributed by atoms with Crippen molar-refractivity contribution in [2.24, 2.45) is 17.1 Å². The number of nitrogens with one attached hydrogen (secondary N) is 1. The molecule has 4 heteroatoms. The van der Waals surface area contributed by atoms with Crippen LogP contribution in [0, 0.1) is 11.3 Å². The van der Waals surface area contributed by atoms with Gasteiger partial charge in [0.25, 0.3) is 0 Å². The smallest absolute Gasteiger partial charge is 0.227 e. The molecule has 1 amide bonds. The van der Waals surface area contributed by atoms with Crippen LogP contribution in [0.4, 0.5) is 0 Å². The zero-order valence-electron chi connectivity index (χ0n) is 11.2. The molecule has 2 rings (SSSR count). The van der Waals surface area contributed by atoms with Crippen LogP contribution in [0.25, 0.3) is 0 Å². The largest absolute Gasteiger partial charge is 0.356 e. The summed E-state index contributed by atoms with van der Waals surface area (Å²) in [5, 5.41) is 3.12. The van der Waals surface area contributed by atoms with Crippen molar-refractivity contribution in [2.45, 2.75) is 57.8 Å². The zero-order chi connectivity index (χ0) is 12.1. The molecule has 2 saturated carbocycles. The van der Waals surface area contributed by atoms with Gasteiger partial charge in [0.1, 0.15) is 0 Å². The van der Waals surface area contributed by atoms with E-state index in [4.69, 9.17) is 5.73 Å². The van der Waals surface area contributed by atoms with Crippen LogP contribution in [0.2, 0.25) is 0 Å². The van der Waals surface area contributed by atoms with Crippen LogP contribution < -0.4 is 11.1 Å². The van der Waals surface area contributed by atoms with Gasteiger partial charge in [-0.25, -0.2) is 0 Å². The van der Waals surface area contributed by atoms with Crippen molar-refractivity contribution in [3.63, 3.8) is 0 Å². The molecule has 0 aromatic heterocycles. The van der Waals surface area contributed by atoms with Crippen LogP contribution in [0.1, 0.15) is 57.8 Å². The number of hydrogen-bond acceptors (Lipinski definition) is 2. The molecule has 0 aromatic carbocycles. The Bertz CT molecular complexity index is 259. The quantitative estimate of drug-likeness (QED) is 0.810. The van der Waals surface area contributed by atoms with Gasteiger partial charge in [-0.1, -0.05) is 38.5 Å². The predicted octanol–water partition coefficient (Wildman–Crippen LogP) is 2.62. The van der Waals surface area contributed by atoms with Gasteiger partial charge >= 0.3 is 0 Å². The van der Waals surface area contributed by atoms with Gasteiger partial charge in [0.15, 0.2) is 0 Å².